The van der Waals surface area contributed by atoms with E-state index in [1.807, 2.05) is 26.0 Å². The summed E-state index contributed by atoms with van der Waals surface area (Å²) in [6.45, 7) is 4.71. The molecule has 2 aromatic heterocycles. The molecule has 7 heteroatoms. The van der Waals surface area contributed by atoms with E-state index in [4.69, 9.17) is 13.9 Å². The molecule has 0 N–H and O–H groups in total. The molecule has 0 spiro atoms. The van der Waals surface area contributed by atoms with Crippen LogP contribution in [0.4, 0.5) is 5.82 Å². The van der Waals surface area contributed by atoms with Crippen LogP contribution in [0.15, 0.2) is 76.1 Å². The first kappa shape index (κ1) is 20.8. The number of aromatic nitrogens is 1. The molecule has 3 heterocycles. The molecular weight excluding hydrogens is 420 g/mol. The van der Waals surface area contributed by atoms with Gasteiger partial charge >= 0.3 is 0 Å². The summed E-state index contributed by atoms with van der Waals surface area (Å²) in [6.07, 6.45) is 1.61. The summed E-state index contributed by atoms with van der Waals surface area (Å²) in [4.78, 5) is 33.0. The second kappa shape index (κ2) is 8.43. The van der Waals surface area contributed by atoms with Gasteiger partial charge in [0, 0.05) is 6.20 Å². The zero-order valence-corrected chi connectivity index (χ0v) is 18.3. The second-order valence-electron chi connectivity index (χ2n) is 7.51. The van der Waals surface area contributed by atoms with Gasteiger partial charge in [-0.05, 0) is 55.8 Å². The van der Waals surface area contributed by atoms with E-state index in [1.54, 1.807) is 54.7 Å². The largest absolute Gasteiger partial charge is 0.490 e. The second-order valence-corrected chi connectivity index (χ2v) is 7.51. The third kappa shape index (κ3) is 3.42. The quantitative estimate of drug-likeness (QED) is 0.429. The number of nitrogens with zero attached hydrogens (tertiary/aromatic N) is 2. The molecule has 0 fully saturated rings. The number of carbonyl (C=O) groups is 1. The average molecular weight is 442 g/mol. The first-order valence-corrected chi connectivity index (χ1v) is 10.8. The van der Waals surface area contributed by atoms with Crippen molar-refractivity contribution in [2.24, 2.45) is 0 Å². The maximum atomic E-state index is 13.6. The number of carbonyl (C=O) groups excluding carboxylic acids is 1. The minimum atomic E-state index is -0.724. The molecule has 0 radical (unpaired) electrons. The van der Waals surface area contributed by atoms with Crippen LogP contribution < -0.4 is 19.8 Å². The van der Waals surface area contributed by atoms with Crippen LogP contribution in [0.1, 0.15) is 41.6 Å². The van der Waals surface area contributed by atoms with Gasteiger partial charge in [0.05, 0.1) is 30.2 Å². The molecule has 2 aromatic carbocycles. The van der Waals surface area contributed by atoms with Crippen molar-refractivity contribution in [3.63, 3.8) is 0 Å². The van der Waals surface area contributed by atoms with Gasteiger partial charge in [-0.25, -0.2) is 4.98 Å². The number of anilines is 1. The number of ether oxygens (including phenoxy) is 2. The van der Waals surface area contributed by atoms with Crippen molar-refractivity contribution >= 4 is 22.7 Å². The fraction of sp³-hybridized carbons (Fsp3) is 0.192. The number of para-hydroxylation sites is 1. The normalized spacial score (nSPS) is 15.0. The van der Waals surface area contributed by atoms with Crippen molar-refractivity contribution in [2.45, 2.75) is 19.9 Å². The fourth-order valence-electron chi connectivity index (χ4n) is 4.21. The lowest BCUT2D eigenvalue weighted by Gasteiger charge is -2.25. The van der Waals surface area contributed by atoms with Gasteiger partial charge in [0.2, 0.25) is 5.76 Å². The molecule has 33 heavy (non-hydrogen) atoms. The van der Waals surface area contributed by atoms with Gasteiger partial charge in [-0.3, -0.25) is 14.5 Å². The predicted octanol–water partition coefficient (Wildman–Crippen LogP) is 4.74. The molecule has 0 saturated carbocycles. The maximum Gasteiger partial charge on any atom is 0.296 e. The Morgan fingerprint density at radius 1 is 0.939 bits per heavy atom. The van der Waals surface area contributed by atoms with E-state index >= 15 is 0 Å². The van der Waals surface area contributed by atoms with Crippen molar-refractivity contribution in [1.82, 2.24) is 4.98 Å². The molecule has 166 valence electrons. The monoisotopic (exact) mass is 442 g/mol. The Balaban J connectivity index is 1.77. The molecule has 1 aliphatic rings. The van der Waals surface area contributed by atoms with Crippen LogP contribution in [0.25, 0.3) is 11.0 Å². The zero-order valence-electron chi connectivity index (χ0n) is 18.3. The first-order valence-electron chi connectivity index (χ1n) is 10.8. The number of hydrogen-bond donors (Lipinski definition) is 0. The number of rotatable bonds is 6. The molecule has 5 rings (SSSR count). The Kier molecular flexibility index (Phi) is 5.30. The Morgan fingerprint density at radius 3 is 2.45 bits per heavy atom. The van der Waals surface area contributed by atoms with Crippen LogP contribution in [0.3, 0.4) is 0 Å². The van der Waals surface area contributed by atoms with Gasteiger partial charge in [-0.2, -0.15) is 0 Å². The summed E-state index contributed by atoms with van der Waals surface area (Å²) < 4.78 is 17.5. The van der Waals surface area contributed by atoms with Gasteiger partial charge in [-0.15, -0.1) is 0 Å². The first-order chi connectivity index (χ1) is 16.1. The topological polar surface area (TPSA) is 81.9 Å². The average Bonchev–Trinajstić information content (AvgIpc) is 3.14. The smallest absolute Gasteiger partial charge is 0.296 e. The van der Waals surface area contributed by atoms with Crippen LogP contribution in [0, 0.1) is 0 Å². The number of hydrogen-bond acceptors (Lipinski definition) is 6. The highest BCUT2D eigenvalue weighted by Crippen LogP contribution is 2.42. The molecule has 0 bridgehead atoms. The molecule has 1 amide bonds. The van der Waals surface area contributed by atoms with E-state index < -0.39 is 11.9 Å². The van der Waals surface area contributed by atoms with Crippen molar-refractivity contribution in [3.05, 3.63) is 94.0 Å². The summed E-state index contributed by atoms with van der Waals surface area (Å²) in [6, 6.07) is 17.0. The lowest BCUT2D eigenvalue weighted by molar-refractivity contribution is 0.0970. The van der Waals surface area contributed by atoms with E-state index in [0.717, 1.165) is 0 Å². The van der Waals surface area contributed by atoms with Gasteiger partial charge in [0.1, 0.15) is 11.4 Å². The Morgan fingerprint density at radius 2 is 1.70 bits per heavy atom. The SMILES string of the molecule is CCOc1ccc([C@H]2c3c(oc4ccccc4c3=O)C(=O)N2c2ccccn2)cc1OCC. The highest BCUT2D eigenvalue weighted by molar-refractivity contribution is 6.10. The minimum Gasteiger partial charge on any atom is -0.490 e. The number of pyridine rings is 1. The van der Waals surface area contributed by atoms with Gasteiger partial charge in [0.25, 0.3) is 5.91 Å². The number of fused-ring (bicyclic) bond motifs is 2. The Hall–Kier alpha value is -4.13. The molecule has 0 aliphatic carbocycles. The highest BCUT2D eigenvalue weighted by atomic mass is 16.5. The summed E-state index contributed by atoms with van der Waals surface area (Å²) in [5.41, 5.74) is 1.12. The lowest BCUT2D eigenvalue weighted by atomic mass is 9.98. The minimum absolute atomic E-state index is 0.0289. The van der Waals surface area contributed by atoms with Gasteiger partial charge < -0.3 is 13.9 Å². The summed E-state index contributed by atoms with van der Waals surface area (Å²) in [7, 11) is 0. The van der Waals surface area contributed by atoms with E-state index in [9.17, 15) is 9.59 Å². The van der Waals surface area contributed by atoms with Crippen molar-refractivity contribution < 1.29 is 18.7 Å². The van der Waals surface area contributed by atoms with Gasteiger partial charge in [0.15, 0.2) is 16.9 Å². The third-order valence-corrected chi connectivity index (χ3v) is 5.56. The van der Waals surface area contributed by atoms with Crippen LogP contribution in [-0.2, 0) is 0 Å². The Bertz CT molecular complexity index is 1400. The van der Waals surface area contributed by atoms with Crippen molar-refractivity contribution in [2.75, 3.05) is 18.1 Å². The van der Waals surface area contributed by atoms with E-state index in [2.05, 4.69) is 4.98 Å². The molecule has 4 aromatic rings. The van der Waals surface area contributed by atoms with E-state index in [0.29, 0.717) is 47.1 Å². The summed E-state index contributed by atoms with van der Waals surface area (Å²) in [5, 5.41) is 0.424. The van der Waals surface area contributed by atoms with Gasteiger partial charge in [-0.1, -0.05) is 24.3 Å². The van der Waals surface area contributed by atoms with Crippen LogP contribution >= 0.6 is 0 Å². The van der Waals surface area contributed by atoms with Crippen molar-refractivity contribution in [1.29, 1.82) is 0 Å². The molecule has 1 aliphatic heterocycles. The molecule has 1 atom stereocenters. The molecular formula is C26H22N2O5. The molecule has 0 unspecified atom stereocenters. The number of benzene rings is 2. The summed E-state index contributed by atoms with van der Waals surface area (Å²) in [5.74, 6) is 1.19. The van der Waals surface area contributed by atoms with Crippen LogP contribution in [0.5, 0.6) is 11.5 Å². The van der Waals surface area contributed by atoms with E-state index in [-0.39, 0.29) is 16.8 Å². The van der Waals surface area contributed by atoms with Crippen LogP contribution in [0.2, 0.25) is 0 Å². The van der Waals surface area contributed by atoms with E-state index in [1.165, 1.54) is 4.90 Å². The maximum absolute atomic E-state index is 13.6. The highest BCUT2D eigenvalue weighted by Gasteiger charge is 2.44. The zero-order chi connectivity index (χ0) is 22.9. The number of amides is 1. The van der Waals surface area contributed by atoms with Crippen LogP contribution in [-0.4, -0.2) is 24.1 Å². The van der Waals surface area contributed by atoms with Crippen molar-refractivity contribution in [3.8, 4) is 11.5 Å². The Labute approximate surface area is 190 Å². The summed E-state index contributed by atoms with van der Waals surface area (Å²) >= 11 is 0. The predicted molar refractivity (Wildman–Crippen MR) is 124 cm³/mol. The molecule has 7 nitrogen and oxygen atoms in total. The lowest BCUT2D eigenvalue weighted by Crippen LogP contribution is -2.30. The standard InChI is InChI=1S/C26H22N2O5/c1-3-31-19-13-12-16(15-20(19)32-4-2)23-22-24(29)17-9-5-6-10-18(17)33-25(22)26(30)28(23)21-11-7-8-14-27-21/h5-15,23H,3-4H2,1-2H3/t23-/m0/s1. The fourth-order valence-corrected chi connectivity index (χ4v) is 4.21. The molecule has 0 saturated heterocycles. The third-order valence-electron chi connectivity index (χ3n) is 5.56.